The molecule has 1 unspecified atom stereocenters. The van der Waals surface area contributed by atoms with Gasteiger partial charge in [-0.1, -0.05) is 18.2 Å². The van der Waals surface area contributed by atoms with Crippen LogP contribution in [0.4, 0.5) is 9.18 Å². The third kappa shape index (κ3) is 5.04. The second-order valence-electron chi connectivity index (χ2n) is 5.55. The van der Waals surface area contributed by atoms with Gasteiger partial charge in [0.15, 0.2) is 9.84 Å². The SMILES string of the molecule is COCCN(C(=O)N/C=C/c1ccccc1F)C1CCS(=O)(=O)C1. The summed E-state index contributed by atoms with van der Waals surface area (Å²) >= 11 is 0. The molecule has 1 aliphatic heterocycles. The molecule has 0 aromatic heterocycles. The van der Waals surface area contributed by atoms with Crippen molar-refractivity contribution in [1.29, 1.82) is 0 Å². The van der Waals surface area contributed by atoms with Crippen LogP contribution in [0.5, 0.6) is 0 Å². The number of amides is 2. The number of nitrogens with zero attached hydrogens (tertiary/aromatic N) is 1. The first-order valence-electron chi connectivity index (χ1n) is 7.60. The summed E-state index contributed by atoms with van der Waals surface area (Å²) in [5.74, 6) is -0.346. The van der Waals surface area contributed by atoms with E-state index in [-0.39, 0.29) is 29.9 Å². The molecule has 8 heteroatoms. The second-order valence-corrected chi connectivity index (χ2v) is 7.78. The molecule has 6 nitrogen and oxygen atoms in total. The van der Waals surface area contributed by atoms with Crippen molar-refractivity contribution in [2.45, 2.75) is 12.5 Å². The molecular weight excluding hydrogens is 335 g/mol. The summed E-state index contributed by atoms with van der Waals surface area (Å²) in [6.07, 6.45) is 3.22. The minimum atomic E-state index is -3.10. The summed E-state index contributed by atoms with van der Waals surface area (Å²) in [7, 11) is -1.58. The molecule has 2 rings (SSSR count). The molecule has 1 heterocycles. The topological polar surface area (TPSA) is 75.7 Å². The van der Waals surface area contributed by atoms with Crippen LogP contribution >= 0.6 is 0 Å². The molecule has 1 N–H and O–H groups in total. The smallest absolute Gasteiger partial charge is 0.321 e. The number of ether oxygens (including phenoxy) is 1. The molecule has 0 saturated carbocycles. The van der Waals surface area contributed by atoms with E-state index in [1.165, 1.54) is 30.4 Å². The summed E-state index contributed by atoms with van der Waals surface area (Å²) in [6, 6.07) is 5.39. The summed E-state index contributed by atoms with van der Waals surface area (Å²) in [6.45, 7) is 0.594. The highest BCUT2D eigenvalue weighted by atomic mass is 32.2. The van der Waals surface area contributed by atoms with Crippen LogP contribution in [0.2, 0.25) is 0 Å². The van der Waals surface area contributed by atoms with Gasteiger partial charge in [0.1, 0.15) is 5.82 Å². The third-order valence-corrected chi connectivity index (χ3v) is 5.57. The lowest BCUT2D eigenvalue weighted by Gasteiger charge is -2.27. The zero-order valence-electron chi connectivity index (χ0n) is 13.4. The van der Waals surface area contributed by atoms with Gasteiger partial charge in [-0.05, 0) is 18.6 Å². The van der Waals surface area contributed by atoms with Gasteiger partial charge in [0.05, 0.1) is 18.1 Å². The predicted octanol–water partition coefficient (Wildman–Crippen LogP) is 1.64. The van der Waals surface area contributed by atoms with Crippen molar-refractivity contribution >= 4 is 21.9 Å². The van der Waals surface area contributed by atoms with Crippen LogP contribution in [0.15, 0.2) is 30.5 Å². The van der Waals surface area contributed by atoms with Gasteiger partial charge < -0.3 is 15.0 Å². The first-order valence-corrected chi connectivity index (χ1v) is 9.42. The van der Waals surface area contributed by atoms with Crippen LogP contribution in [0.25, 0.3) is 6.08 Å². The standard InChI is InChI=1S/C16H21FN2O4S/c1-23-10-9-19(14-7-11-24(21,22)12-14)16(20)18-8-6-13-4-2-3-5-15(13)17/h2-6,8,14H,7,9-12H2,1H3,(H,18,20)/b8-6+. The molecular formula is C16H21FN2O4S. The van der Waals surface area contributed by atoms with E-state index in [0.717, 1.165) is 0 Å². The molecule has 0 aliphatic carbocycles. The molecule has 0 bridgehead atoms. The highest BCUT2D eigenvalue weighted by molar-refractivity contribution is 7.91. The number of carbonyl (C=O) groups is 1. The fourth-order valence-electron chi connectivity index (χ4n) is 2.56. The zero-order chi connectivity index (χ0) is 17.6. The van der Waals surface area contributed by atoms with Crippen LogP contribution in [-0.2, 0) is 14.6 Å². The Morgan fingerprint density at radius 3 is 2.83 bits per heavy atom. The van der Waals surface area contributed by atoms with E-state index in [1.54, 1.807) is 18.2 Å². The van der Waals surface area contributed by atoms with Crippen LogP contribution in [0, 0.1) is 5.82 Å². The largest absolute Gasteiger partial charge is 0.383 e. The molecule has 2 amide bonds. The maximum atomic E-state index is 13.5. The van der Waals surface area contributed by atoms with Gasteiger partial charge in [0.25, 0.3) is 0 Å². The average Bonchev–Trinajstić information content (AvgIpc) is 2.89. The first kappa shape index (κ1) is 18.4. The number of sulfone groups is 1. The fourth-order valence-corrected chi connectivity index (χ4v) is 4.29. The van der Waals surface area contributed by atoms with Gasteiger partial charge in [-0.25, -0.2) is 17.6 Å². The van der Waals surface area contributed by atoms with Gasteiger partial charge in [0.2, 0.25) is 0 Å². The van der Waals surface area contributed by atoms with Crippen molar-refractivity contribution < 1.29 is 22.3 Å². The molecule has 1 saturated heterocycles. The number of nitrogens with one attached hydrogen (secondary N) is 1. The van der Waals surface area contributed by atoms with Crippen molar-refractivity contribution in [2.24, 2.45) is 0 Å². The van der Waals surface area contributed by atoms with E-state index in [4.69, 9.17) is 4.74 Å². The Morgan fingerprint density at radius 1 is 1.46 bits per heavy atom. The first-order chi connectivity index (χ1) is 11.4. The van der Waals surface area contributed by atoms with Gasteiger partial charge in [-0.2, -0.15) is 0 Å². The highest BCUT2D eigenvalue weighted by Gasteiger charge is 2.34. The van der Waals surface area contributed by atoms with E-state index >= 15 is 0 Å². The lowest BCUT2D eigenvalue weighted by atomic mass is 10.2. The summed E-state index contributed by atoms with van der Waals surface area (Å²) < 4.78 is 41.8. The van der Waals surface area contributed by atoms with E-state index in [0.29, 0.717) is 18.6 Å². The highest BCUT2D eigenvalue weighted by Crippen LogP contribution is 2.18. The second kappa shape index (κ2) is 8.25. The van der Waals surface area contributed by atoms with Crippen molar-refractivity contribution in [1.82, 2.24) is 10.2 Å². The number of rotatable bonds is 6. The van der Waals surface area contributed by atoms with Crippen molar-refractivity contribution in [3.63, 3.8) is 0 Å². The molecule has 0 spiro atoms. The summed E-state index contributed by atoms with van der Waals surface area (Å²) in [5, 5.41) is 2.56. The Labute approximate surface area is 141 Å². The Hall–Kier alpha value is -1.93. The minimum Gasteiger partial charge on any atom is -0.383 e. The lowest BCUT2D eigenvalue weighted by Crippen LogP contribution is -2.46. The number of hydrogen-bond donors (Lipinski definition) is 1. The maximum absolute atomic E-state index is 13.5. The fraction of sp³-hybridized carbons (Fsp3) is 0.438. The third-order valence-electron chi connectivity index (χ3n) is 3.82. The quantitative estimate of drug-likeness (QED) is 0.841. The number of urea groups is 1. The van der Waals surface area contributed by atoms with Crippen LogP contribution in [0.1, 0.15) is 12.0 Å². The zero-order valence-corrected chi connectivity index (χ0v) is 14.3. The molecule has 0 radical (unpaired) electrons. The van der Waals surface area contributed by atoms with Crippen molar-refractivity contribution in [2.75, 3.05) is 31.8 Å². The molecule has 1 aliphatic rings. The van der Waals surface area contributed by atoms with Crippen molar-refractivity contribution in [3.05, 3.63) is 41.8 Å². The maximum Gasteiger partial charge on any atom is 0.321 e. The Kier molecular flexibility index (Phi) is 6.33. The van der Waals surface area contributed by atoms with Crippen LogP contribution < -0.4 is 5.32 Å². The van der Waals surface area contributed by atoms with Gasteiger partial charge in [-0.15, -0.1) is 0 Å². The van der Waals surface area contributed by atoms with E-state index < -0.39 is 15.9 Å². The lowest BCUT2D eigenvalue weighted by molar-refractivity contribution is 0.135. The number of methoxy groups -OCH3 is 1. The Morgan fingerprint density at radius 2 is 2.21 bits per heavy atom. The minimum absolute atomic E-state index is 0.0405. The molecule has 1 aromatic carbocycles. The van der Waals surface area contributed by atoms with Gasteiger partial charge in [-0.3, -0.25) is 0 Å². The van der Waals surface area contributed by atoms with E-state index in [2.05, 4.69) is 5.32 Å². The molecule has 1 aromatic rings. The van der Waals surface area contributed by atoms with Crippen LogP contribution in [0.3, 0.4) is 0 Å². The number of benzene rings is 1. The number of hydrogen-bond acceptors (Lipinski definition) is 4. The van der Waals surface area contributed by atoms with Crippen LogP contribution in [-0.4, -0.2) is 57.2 Å². The normalized spacial score (nSPS) is 19.5. The number of carbonyl (C=O) groups excluding carboxylic acids is 1. The summed E-state index contributed by atoms with van der Waals surface area (Å²) in [4.78, 5) is 13.8. The molecule has 132 valence electrons. The summed E-state index contributed by atoms with van der Waals surface area (Å²) in [5.41, 5.74) is 0.352. The Bertz CT molecular complexity index is 706. The predicted molar refractivity (Wildman–Crippen MR) is 89.6 cm³/mol. The van der Waals surface area contributed by atoms with E-state index in [1.807, 2.05) is 0 Å². The Balaban J connectivity index is 2.01. The van der Waals surface area contributed by atoms with E-state index in [9.17, 15) is 17.6 Å². The average molecular weight is 356 g/mol. The van der Waals surface area contributed by atoms with Gasteiger partial charge >= 0.3 is 6.03 Å². The van der Waals surface area contributed by atoms with Gasteiger partial charge in [0, 0.05) is 31.5 Å². The molecule has 1 atom stereocenters. The number of halogens is 1. The molecule has 24 heavy (non-hydrogen) atoms. The monoisotopic (exact) mass is 356 g/mol. The van der Waals surface area contributed by atoms with Crippen molar-refractivity contribution in [3.8, 4) is 0 Å². The molecule has 1 fully saturated rings.